The van der Waals surface area contributed by atoms with Gasteiger partial charge in [0.2, 0.25) is 11.8 Å². The lowest BCUT2D eigenvalue weighted by atomic mass is 9.95. The largest absolute Gasteiger partial charge is 0.481 e. The summed E-state index contributed by atoms with van der Waals surface area (Å²) in [6.45, 7) is 0. The van der Waals surface area contributed by atoms with Gasteiger partial charge in [0.15, 0.2) is 0 Å². The highest BCUT2D eigenvalue weighted by molar-refractivity contribution is 5.44. The van der Waals surface area contributed by atoms with E-state index in [0.717, 1.165) is 12.8 Å². The molecule has 0 amide bonds. The molecule has 3 unspecified atom stereocenters. The van der Waals surface area contributed by atoms with Crippen molar-refractivity contribution in [2.24, 2.45) is 0 Å². The first-order valence-electron chi connectivity index (χ1n) is 5.85. The fourth-order valence-corrected chi connectivity index (χ4v) is 2.60. The van der Waals surface area contributed by atoms with E-state index in [1.807, 2.05) is 0 Å². The van der Waals surface area contributed by atoms with E-state index in [2.05, 4.69) is 15.3 Å². The first-order chi connectivity index (χ1) is 8.24. The Morgan fingerprint density at radius 2 is 2.35 bits per heavy atom. The molecule has 0 saturated carbocycles. The highest BCUT2D eigenvalue weighted by Crippen LogP contribution is 2.35. The van der Waals surface area contributed by atoms with E-state index in [-0.39, 0.29) is 5.95 Å². The summed E-state index contributed by atoms with van der Waals surface area (Å²) in [4.78, 5) is 8.10. The van der Waals surface area contributed by atoms with Gasteiger partial charge in [-0.05, 0) is 19.3 Å². The van der Waals surface area contributed by atoms with Gasteiger partial charge in [-0.25, -0.2) is 0 Å². The number of nitrogens with two attached hydrogens (primary N) is 1. The third-order valence-corrected chi connectivity index (χ3v) is 3.37. The van der Waals surface area contributed by atoms with Crippen LogP contribution in [0.4, 0.5) is 11.8 Å². The summed E-state index contributed by atoms with van der Waals surface area (Å²) in [5.74, 6) is 1.40. The molecule has 1 aromatic rings. The van der Waals surface area contributed by atoms with Gasteiger partial charge in [-0.2, -0.15) is 9.97 Å². The summed E-state index contributed by atoms with van der Waals surface area (Å²) in [7, 11) is 1.56. The Bertz CT molecular complexity index is 426. The van der Waals surface area contributed by atoms with Gasteiger partial charge in [0.05, 0.1) is 25.4 Å². The van der Waals surface area contributed by atoms with Crippen molar-refractivity contribution < 1.29 is 9.47 Å². The molecule has 6 heteroatoms. The Labute approximate surface area is 99.5 Å². The molecule has 2 bridgehead atoms. The Balaban J connectivity index is 1.74. The van der Waals surface area contributed by atoms with Crippen molar-refractivity contribution in [2.75, 3.05) is 18.2 Å². The van der Waals surface area contributed by atoms with Gasteiger partial charge in [-0.15, -0.1) is 0 Å². The van der Waals surface area contributed by atoms with Crippen LogP contribution in [-0.2, 0) is 4.74 Å². The normalized spacial score (nSPS) is 30.5. The molecule has 0 radical (unpaired) electrons. The van der Waals surface area contributed by atoms with Gasteiger partial charge < -0.3 is 20.5 Å². The molecule has 2 aliphatic rings. The second-order valence-corrected chi connectivity index (χ2v) is 4.51. The molecule has 3 heterocycles. The molecule has 1 aromatic heterocycles. The van der Waals surface area contributed by atoms with Gasteiger partial charge in [0.1, 0.15) is 5.82 Å². The van der Waals surface area contributed by atoms with E-state index in [1.165, 1.54) is 6.42 Å². The molecule has 6 nitrogen and oxygen atoms in total. The molecule has 0 spiro atoms. The van der Waals surface area contributed by atoms with Crippen LogP contribution in [0, 0.1) is 0 Å². The lowest BCUT2D eigenvalue weighted by molar-refractivity contribution is 0.102. The molecule has 2 saturated heterocycles. The zero-order valence-electron chi connectivity index (χ0n) is 9.72. The molecule has 3 N–H and O–H groups in total. The smallest absolute Gasteiger partial charge is 0.225 e. The molecular weight excluding hydrogens is 220 g/mol. The SMILES string of the molecule is COc1cc(NC2CC3CCC2O3)nc(N)n1. The predicted octanol–water partition coefficient (Wildman–Crippen LogP) is 0.799. The molecule has 0 aromatic carbocycles. The van der Waals surface area contributed by atoms with Gasteiger partial charge in [-0.3, -0.25) is 0 Å². The van der Waals surface area contributed by atoms with E-state index < -0.39 is 0 Å². The maximum absolute atomic E-state index is 5.78. The molecule has 92 valence electrons. The third-order valence-electron chi connectivity index (χ3n) is 3.37. The first kappa shape index (κ1) is 10.6. The number of nitrogens with zero attached hydrogens (tertiary/aromatic N) is 2. The van der Waals surface area contributed by atoms with Gasteiger partial charge in [-0.1, -0.05) is 0 Å². The van der Waals surface area contributed by atoms with E-state index in [1.54, 1.807) is 13.2 Å². The number of fused-ring (bicyclic) bond motifs is 2. The minimum Gasteiger partial charge on any atom is -0.481 e. The van der Waals surface area contributed by atoms with Crippen molar-refractivity contribution in [3.63, 3.8) is 0 Å². The topological polar surface area (TPSA) is 82.3 Å². The van der Waals surface area contributed by atoms with Crippen LogP contribution in [0.5, 0.6) is 5.88 Å². The summed E-state index contributed by atoms with van der Waals surface area (Å²) in [6.07, 6.45) is 4.07. The number of nitrogens with one attached hydrogen (secondary N) is 1. The molecular formula is C11H16N4O2. The summed E-state index contributed by atoms with van der Waals surface area (Å²) in [6, 6.07) is 2.08. The molecule has 17 heavy (non-hydrogen) atoms. The predicted molar refractivity (Wildman–Crippen MR) is 62.9 cm³/mol. The summed E-state index contributed by atoms with van der Waals surface area (Å²) >= 11 is 0. The van der Waals surface area contributed by atoms with Crippen molar-refractivity contribution in [1.82, 2.24) is 9.97 Å². The van der Waals surface area contributed by atoms with Crippen LogP contribution in [0.25, 0.3) is 0 Å². The number of nitrogen functional groups attached to an aromatic ring is 1. The average molecular weight is 236 g/mol. The fraction of sp³-hybridized carbons (Fsp3) is 0.636. The van der Waals surface area contributed by atoms with Crippen LogP contribution in [-0.4, -0.2) is 35.3 Å². The molecule has 3 rings (SSSR count). The number of ether oxygens (including phenoxy) is 2. The van der Waals surface area contributed by atoms with Gasteiger partial charge in [0.25, 0.3) is 0 Å². The van der Waals surface area contributed by atoms with Crippen molar-refractivity contribution in [3.8, 4) is 5.88 Å². The van der Waals surface area contributed by atoms with Crippen LogP contribution in [0.3, 0.4) is 0 Å². The van der Waals surface area contributed by atoms with Crippen molar-refractivity contribution in [3.05, 3.63) is 6.07 Å². The number of hydrogen-bond donors (Lipinski definition) is 2. The third kappa shape index (κ3) is 2.00. The van der Waals surface area contributed by atoms with Gasteiger partial charge in [0, 0.05) is 6.07 Å². The van der Waals surface area contributed by atoms with E-state index in [0.29, 0.717) is 29.9 Å². The maximum atomic E-state index is 5.78. The quantitative estimate of drug-likeness (QED) is 0.807. The highest BCUT2D eigenvalue weighted by Gasteiger charge is 2.40. The number of methoxy groups -OCH3 is 1. The Morgan fingerprint density at radius 1 is 1.47 bits per heavy atom. The molecule has 0 aliphatic carbocycles. The van der Waals surface area contributed by atoms with Crippen LogP contribution in [0.2, 0.25) is 0 Å². The zero-order valence-corrected chi connectivity index (χ0v) is 9.72. The van der Waals surface area contributed by atoms with Crippen molar-refractivity contribution in [1.29, 1.82) is 0 Å². The average Bonchev–Trinajstić information content (AvgIpc) is 2.90. The molecule has 2 fully saturated rings. The highest BCUT2D eigenvalue weighted by atomic mass is 16.5. The van der Waals surface area contributed by atoms with Crippen LogP contribution in [0.1, 0.15) is 19.3 Å². The van der Waals surface area contributed by atoms with Crippen molar-refractivity contribution >= 4 is 11.8 Å². The Hall–Kier alpha value is -1.56. The Kier molecular flexibility index (Phi) is 2.51. The standard InChI is InChI=1S/C11H16N4O2/c1-16-10-5-9(14-11(12)15-10)13-7-4-6-2-3-8(7)17-6/h5-8H,2-4H2,1H3,(H3,12,13,14,15). The zero-order chi connectivity index (χ0) is 11.8. The number of hydrogen-bond acceptors (Lipinski definition) is 6. The van der Waals surface area contributed by atoms with Gasteiger partial charge >= 0.3 is 0 Å². The molecule has 2 aliphatic heterocycles. The van der Waals surface area contributed by atoms with E-state index in [9.17, 15) is 0 Å². The van der Waals surface area contributed by atoms with Crippen LogP contribution in [0.15, 0.2) is 6.07 Å². The van der Waals surface area contributed by atoms with Crippen LogP contribution < -0.4 is 15.8 Å². The minimum absolute atomic E-state index is 0.218. The lowest BCUT2D eigenvalue weighted by Gasteiger charge is -2.20. The minimum atomic E-state index is 0.218. The maximum Gasteiger partial charge on any atom is 0.225 e. The van der Waals surface area contributed by atoms with E-state index in [4.69, 9.17) is 15.2 Å². The lowest BCUT2D eigenvalue weighted by Crippen LogP contribution is -2.30. The summed E-state index contributed by atoms with van der Waals surface area (Å²) in [5, 5.41) is 3.35. The second-order valence-electron chi connectivity index (χ2n) is 4.51. The summed E-state index contributed by atoms with van der Waals surface area (Å²) < 4.78 is 10.8. The van der Waals surface area contributed by atoms with Crippen molar-refractivity contribution in [2.45, 2.75) is 37.5 Å². The first-order valence-corrected chi connectivity index (χ1v) is 5.85. The number of anilines is 2. The second kappa shape index (κ2) is 4.03. The van der Waals surface area contributed by atoms with Crippen LogP contribution >= 0.6 is 0 Å². The summed E-state index contributed by atoms with van der Waals surface area (Å²) in [5.41, 5.74) is 5.61. The van der Waals surface area contributed by atoms with E-state index >= 15 is 0 Å². The number of rotatable bonds is 3. The molecule has 3 atom stereocenters. The number of aromatic nitrogens is 2. The monoisotopic (exact) mass is 236 g/mol. The Morgan fingerprint density at radius 3 is 3.00 bits per heavy atom. The fourth-order valence-electron chi connectivity index (χ4n) is 2.60.